The number of nitrogens with two attached hydrogens (primary N) is 1. The minimum Gasteiger partial charge on any atom is -0.460 e. The number of ether oxygens (including phenoxy) is 3. The van der Waals surface area contributed by atoms with E-state index in [1.54, 1.807) is 20.8 Å². The smallest absolute Gasteiger partial charge is 0.408 e. The van der Waals surface area contributed by atoms with E-state index >= 15 is 0 Å². The van der Waals surface area contributed by atoms with Gasteiger partial charge < -0.3 is 25.3 Å². The van der Waals surface area contributed by atoms with Crippen molar-refractivity contribution >= 4 is 18.0 Å². The summed E-state index contributed by atoms with van der Waals surface area (Å²) in [5, 5.41) is 2.61. The van der Waals surface area contributed by atoms with Crippen LogP contribution in [0.5, 0.6) is 0 Å². The van der Waals surface area contributed by atoms with Gasteiger partial charge in [-0.3, -0.25) is 4.79 Å². The van der Waals surface area contributed by atoms with Crippen molar-refractivity contribution in [1.29, 1.82) is 0 Å². The molecule has 0 saturated carbocycles. The standard InChI is InChI=1S/C19H29NO4.C14H21NO2/c1-13(2)11-16(20-18(22)24-19(4,5)6)17(21)23-12-15-9-7-14(3)8-10-15;1-10(2)8-13(15)14(16)17-9-12-6-4-11(3)5-7-12/h7-10,13,16H,11-12H2,1-6H3,(H,20,22);4-7,10,13H,8-9,15H2,1-3H3. The molecule has 8 heteroatoms. The minimum absolute atomic E-state index is 0.184. The number of benzene rings is 2. The summed E-state index contributed by atoms with van der Waals surface area (Å²) in [4.78, 5) is 35.8. The molecule has 228 valence electrons. The van der Waals surface area contributed by atoms with Gasteiger partial charge in [0.05, 0.1) is 0 Å². The third-order valence-electron chi connectivity index (χ3n) is 5.71. The van der Waals surface area contributed by atoms with Gasteiger partial charge in [-0.15, -0.1) is 0 Å². The predicted octanol–water partition coefficient (Wildman–Crippen LogP) is 6.39. The van der Waals surface area contributed by atoms with Gasteiger partial charge in [0.2, 0.25) is 0 Å². The third kappa shape index (κ3) is 16.5. The van der Waals surface area contributed by atoms with Crippen LogP contribution in [0.25, 0.3) is 0 Å². The minimum atomic E-state index is -0.717. The van der Waals surface area contributed by atoms with Gasteiger partial charge in [0.25, 0.3) is 0 Å². The molecule has 41 heavy (non-hydrogen) atoms. The van der Waals surface area contributed by atoms with Crippen molar-refractivity contribution in [3.8, 4) is 0 Å². The highest BCUT2D eigenvalue weighted by atomic mass is 16.6. The summed E-state index contributed by atoms with van der Waals surface area (Å²) in [6.07, 6.45) is 0.541. The first-order chi connectivity index (χ1) is 19.1. The quantitative estimate of drug-likeness (QED) is 0.237. The fourth-order valence-electron chi connectivity index (χ4n) is 3.62. The van der Waals surface area contributed by atoms with E-state index in [0.717, 1.165) is 16.7 Å². The zero-order chi connectivity index (χ0) is 31.2. The number of esters is 2. The number of amides is 1. The molecule has 2 atom stereocenters. The fourth-order valence-corrected chi connectivity index (χ4v) is 3.62. The Kier molecular flexibility index (Phi) is 15.1. The summed E-state index contributed by atoms with van der Waals surface area (Å²) in [6, 6.07) is 14.4. The lowest BCUT2D eigenvalue weighted by molar-refractivity contribution is -0.148. The number of hydrogen-bond acceptors (Lipinski definition) is 7. The first-order valence-corrected chi connectivity index (χ1v) is 14.2. The molecule has 0 aliphatic carbocycles. The molecule has 0 aromatic heterocycles. The second kappa shape index (κ2) is 17.4. The molecule has 0 aliphatic rings. The fraction of sp³-hybridized carbons (Fsp3) is 0.545. The molecule has 2 aromatic rings. The molecule has 0 radical (unpaired) electrons. The van der Waals surface area contributed by atoms with E-state index in [0.29, 0.717) is 25.4 Å². The van der Waals surface area contributed by atoms with Crippen LogP contribution in [-0.2, 0) is 37.0 Å². The Labute approximate surface area is 246 Å². The second-order valence-electron chi connectivity index (χ2n) is 12.3. The Morgan fingerprint density at radius 1 is 0.732 bits per heavy atom. The molecule has 0 aliphatic heterocycles. The van der Waals surface area contributed by atoms with Gasteiger partial charge in [-0.25, -0.2) is 9.59 Å². The van der Waals surface area contributed by atoms with Crippen LogP contribution in [0.15, 0.2) is 48.5 Å². The second-order valence-corrected chi connectivity index (χ2v) is 12.3. The molecule has 0 spiro atoms. The van der Waals surface area contributed by atoms with Crippen LogP contribution < -0.4 is 11.1 Å². The van der Waals surface area contributed by atoms with Crippen LogP contribution >= 0.6 is 0 Å². The predicted molar refractivity (Wildman–Crippen MR) is 162 cm³/mol. The third-order valence-corrected chi connectivity index (χ3v) is 5.71. The molecule has 1 amide bonds. The zero-order valence-corrected chi connectivity index (χ0v) is 26.3. The Morgan fingerprint density at radius 2 is 1.15 bits per heavy atom. The maximum atomic E-state index is 12.3. The molecule has 2 aromatic carbocycles. The summed E-state index contributed by atoms with van der Waals surface area (Å²) in [7, 11) is 0. The number of carbonyl (C=O) groups is 3. The number of hydrogen-bond donors (Lipinski definition) is 2. The lowest BCUT2D eigenvalue weighted by Crippen LogP contribution is -2.44. The van der Waals surface area contributed by atoms with E-state index in [1.165, 1.54) is 5.56 Å². The highest BCUT2D eigenvalue weighted by molar-refractivity contribution is 5.81. The SMILES string of the molecule is Cc1ccc(COC(=O)C(CC(C)C)NC(=O)OC(C)(C)C)cc1.Cc1ccc(COC(=O)C(N)CC(C)C)cc1. The number of nitrogens with one attached hydrogen (secondary N) is 1. The summed E-state index contributed by atoms with van der Waals surface area (Å²) in [5.74, 6) is -0.136. The Hall–Kier alpha value is -3.39. The highest BCUT2D eigenvalue weighted by Gasteiger charge is 2.26. The monoisotopic (exact) mass is 570 g/mol. The summed E-state index contributed by atoms with van der Waals surface area (Å²) < 4.78 is 15.7. The molecule has 0 heterocycles. The van der Waals surface area contributed by atoms with Gasteiger partial charge in [0.15, 0.2) is 0 Å². The van der Waals surface area contributed by atoms with Crippen LogP contribution in [0.1, 0.15) is 83.6 Å². The van der Waals surface area contributed by atoms with Gasteiger partial charge in [-0.05, 0) is 70.4 Å². The first kappa shape index (κ1) is 35.6. The van der Waals surface area contributed by atoms with Crippen LogP contribution in [0, 0.1) is 25.7 Å². The molecule has 0 saturated heterocycles. The largest absolute Gasteiger partial charge is 0.460 e. The van der Waals surface area contributed by atoms with E-state index < -0.39 is 29.7 Å². The molecule has 0 fully saturated rings. The van der Waals surface area contributed by atoms with Crippen LogP contribution in [0.3, 0.4) is 0 Å². The van der Waals surface area contributed by atoms with Crippen LogP contribution in [0.4, 0.5) is 4.79 Å². The number of carbonyl (C=O) groups excluding carboxylic acids is 3. The first-order valence-electron chi connectivity index (χ1n) is 14.2. The number of alkyl carbamates (subject to hydrolysis) is 1. The molecule has 2 rings (SSSR count). The Morgan fingerprint density at radius 3 is 1.54 bits per heavy atom. The van der Waals surface area contributed by atoms with Gasteiger partial charge in [0, 0.05) is 0 Å². The lowest BCUT2D eigenvalue weighted by Gasteiger charge is -2.23. The van der Waals surface area contributed by atoms with Gasteiger partial charge in [-0.2, -0.15) is 0 Å². The van der Waals surface area contributed by atoms with Crippen molar-refractivity contribution in [1.82, 2.24) is 5.32 Å². The molecule has 8 nitrogen and oxygen atoms in total. The van der Waals surface area contributed by atoms with Gasteiger partial charge in [-0.1, -0.05) is 87.4 Å². The lowest BCUT2D eigenvalue weighted by atomic mass is 10.0. The number of rotatable bonds is 11. The summed E-state index contributed by atoms with van der Waals surface area (Å²) in [5.41, 5.74) is 9.36. The number of aryl methyl sites for hydroxylation is 2. The molecule has 2 unspecified atom stereocenters. The van der Waals surface area contributed by atoms with Crippen molar-refractivity contribution in [3.05, 3.63) is 70.8 Å². The van der Waals surface area contributed by atoms with Crippen LogP contribution in [-0.4, -0.2) is 35.7 Å². The average Bonchev–Trinajstić information content (AvgIpc) is 2.86. The zero-order valence-electron chi connectivity index (χ0n) is 26.3. The van der Waals surface area contributed by atoms with Crippen LogP contribution in [0.2, 0.25) is 0 Å². The van der Waals surface area contributed by atoms with Gasteiger partial charge >= 0.3 is 18.0 Å². The van der Waals surface area contributed by atoms with E-state index in [2.05, 4.69) is 5.32 Å². The topological polar surface area (TPSA) is 117 Å². The normalized spacial score (nSPS) is 12.6. The van der Waals surface area contributed by atoms with Crippen molar-refractivity contribution in [3.63, 3.8) is 0 Å². The van der Waals surface area contributed by atoms with Crippen molar-refractivity contribution in [2.45, 2.75) is 106 Å². The van der Waals surface area contributed by atoms with E-state index in [4.69, 9.17) is 19.9 Å². The highest BCUT2D eigenvalue weighted by Crippen LogP contribution is 2.12. The molecular weight excluding hydrogens is 520 g/mol. The van der Waals surface area contributed by atoms with E-state index in [9.17, 15) is 14.4 Å². The Balaban J connectivity index is 0.000000435. The average molecular weight is 571 g/mol. The maximum Gasteiger partial charge on any atom is 0.408 e. The Bertz CT molecular complexity index is 1070. The molecule has 0 bridgehead atoms. The maximum absolute atomic E-state index is 12.3. The van der Waals surface area contributed by atoms with E-state index in [1.807, 2.05) is 90.1 Å². The summed E-state index contributed by atoms with van der Waals surface area (Å²) in [6.45, 7) is 17.9. The van der Waals surface area contributed by atoms with Crippen molar-refractivity contribution < 1.29 is 28.6 Å². The molecule has 3 N–H and O–H groups in total. The van der Waals surface area contributed by atoms with Gasteiger partial charge in [0.1, 0.15) is 30.9 Å². The van der Waals surface area contributed by atoms with E-state index in [-0.39, 0.29) is 18.5 Å². The summed E-state index contributed by atoms with van der Waals surface area (Å²) >= 11 is 0. The van der Waals surface area contributed by atoms with Crippen molar-refractivity contribution in [2.24, 2.45) is 17.6 Å². The molecular formula is C33H50N2O6. The van der Waals surface area contributed by atoms with Crippen molar-refractivity contribution in [2.75, 3.05) is 0 Å².